The molecule has 0 aliphatic carbocycles. The second-order valence-corrected chi connectivity index (χ2v) is 5.73. The number of rotatable bonds is 2. The maximum Gasteiger partial charge on any atom is 0.328 e. The smallest absolute Gasteiger partial charge is 0.328 e. The molecule has 0 spiro atoms. The first-order chi connectivity index (χ1) is 9.53. The van der Waals surface area contributed by atoms with Crippen molar-refractivity contribution in [1.29, 1.82) is 0 Å². The highest BCUT2D eigenvalue weighted by molar-refractivity contribution is 7.95. The monoisotopic (exact) mass is 294 g/mol. The zero-order valence-corrected chi connectivity index (χ0v) is 11.3. The summed E-state index contributed by atoms with van der Waals surface area (Å²) in [6.45, 7) is 0. The Kier molecular flexibility index (Phi) is 2.79. The van der Waals surface area contributed by atoms with Gasteiger partial charge in [0.25, 0.3) is 0 Å². The Hall–Kier alpha value is -2.28. The van der Waals surface area contributed by atoms with Crippen molar-refractivity contribution in [2.45, 2.75) is 0 Å². The summed E-state index contributed by atoms with van der Waals surface area (Å²) in [6.07, 6.45) is 0. The topological polar surface area (TPSA) is 58.6 Å². The quantitative estimate of drug-likeness (QED) is 0.926. The van der Waals surface area contributed by atoms with Crippen molar-refractivity contribution >= 4 is 27.3 Å². The lowest BCUT2D eigenvalue weighted by molar-refractivity contribution is 0.411. The van der Waals surface area contributed by atoms with Crippen LogP contribution in [0.4, 0.5) is 21.5 Å². The van der Waals surface area contributed by atoms with Gasteiger partial charge in [0.1, 0.15) is 5.75 Å². The summed E-state index contributed by atoms with van der Waals surface area (Å²) >= 11 is 0. The van der Waals surface area contributed by atoms with Crippen molar-refractivity contribution in [1.82, 2.24) is 0 Å². The second kappa shape index (κ2) is 4.38. The summed E-state index contributed by atoms with van der Waals surface area (Å²) in [7, 11) is -2.42. The van der Waals surface area contributed by atoms with Gasteiger partial charge in [-0.2, -0.15) is 8.42 Å². The molecule has 0 radical (unpaired) electrons. The number of nitrogens with one attached hydrogen (secondary N) is 1. The largest absolute Gasteiger partial charge is 0.497 e. The molecule has 0 atom stereocenters. The summed E-state index contributed by atoms with van der Waals surface area (Å²) < 4.78 is 46.6. The van der Waals surface area contributed by atoms with E-state index in [9.17, 15) is 12.8 Å². The van der Waals surface area contributed by atoms with E-state index in [1.54, 1.807) is 24.3 Å². The normalized spacial score (nSPS) is 15.6. The van der Waals surface area contributed by atoms with Gasteiger partial charge in [-0.15, -0.1) is 0 Å². The molecule has 2 aromatic rings. The molecule has 0 aromatic heterocycles. The van der Waals surface area contributed by atoms with Gasteiger partial charge in [-0.25, -0.2) is 8.70 Å². The van der Waals surface area contributed by atoms with E-state index >= 15 is 0 Å². The zero-order valence-electron chi connectivity index (χ0n) is 10.5. The highest BCUT2D eigenvalue weighted by Gasteiger charge is 2.35. The Bertz CT molecular complexity index is 777. The van der Waals surface area contributed by atoms with E-state index in [1.807, 2.05) is 0 Å². The molecular formula is C13H11FN2O3S. The Morgan fingerprint density at radius 3 is 2.60 bits per heavy atom. The molecule has 3 rings (SSSR count). The Morgan fingerprint density at radius 2 is 1.90 bits per heavy atom. The maximum absolute atomic E-state index is 14.1. The highest BCUT2D eigenvalue weighted by atomic mass is 32.2. The number of halogens is 1. The van der Waals surface area contributed by atoms with Crippen LogP contribution in [0.3, 0.4) is 0 Å². The molecule has 1 aliphatic heterocycles. The number of methoxy groups -OCH3 is 1. The highest BCUT2D eigenvalue weighted by Crippen LogP contribution is 2.42. The lowest BCUT2D eigenvalue weighted by Crippen LogP contribution is -2.26. The van der Waals surface area contributed by atoms with E-state index < -0.39 is 16.0 Å². The van der Waals surface area contributed by atoms with E-state index in [4.69, 9.17) is 4.74 Å². The molecular weight excluding hydrogens is 283 g/mol. The van der Waals surface area contributed by atoms with Crippen LogP contribution in [0.25, 0.3) is 0 Å². The van der Waals surface area contributed by atoms with E-state index in [1.165, 1.54) is 19.2 Å². The van der Waals surface area contributed by atoms with Crippen LogP contribution in [0.1, 0.15) is 0 Å². The van der Waals surface area contributed by atoms with Crippen LogP contribution in [0.15, 0.2) is 42.5 Å². The fourth-order valence-electron chi connectivity index (χ4n) is 2.09. The van der Waals surface area contributed by atoms with Crippen LogP contribution >= 0.6 is 0 Å². The van der Waals surface area contributed by atoms with Crippen LogP contribution in [0.5, 0.6) is 5.75 Å². The summed E-state index contributed by atoms with van der Waals surface area (Å²) in [5.41, 5.74) is 0.752. The number of para-hydroxylation sites is 2. The summed E-state index contributed by atoms with van der Waals surface area (Å²) in [6, 6.07) is 10.6. The van der Waals surface area contributed by atoms with Gasteiger partial charge in [-0.1, -0.05) is 12.1 Å². The van der Waals surface area contributed by atoms with Gasteiger partial charge in [0.2, 0.25) is 0 Å². The van der Waals surface area contributed by atoms with Gasteiger partial charge in [-0.05, 0) is 24.3 Å². The van der Waals surface area contributed by atoms with Gasteiger partial charge in [0.05, 0.1) is 24.2 Å². The van der Waals surface area contributed by atoms with Gasteiger partial charge in [0, 0.05) is 6.07 Å². The first-order valence-corrected chi connectivity index (χ1v) is 7.22. The fourth-order valence-corrected chi connectivity index (χ4v) is 3.46. The van der Waals surface area contributed by atoms with Gasteiger partial charge in [0.15, 0.2) is 5.82 Å². The third-order valence-electron chi connectivity index (χ3n) is 2.98. The molecule has 104 valence electrons. The number of fused-ring (bicyclic) bond motifs is 1. The van der Waals surface area contributed by atoms with Crippen molar-refractivity contribution < 1.29 is 17.5 Å². The Balaban J connectivity index is 2.18. The zero-order chi connectivity index (χ0) is 14.3. The third kappa shape index (κ3) is 1.87. The minimum absolute atomic E-state index is 0.0525. The number of ether oxygens (including phenoxy) is 1. The predicted molar refractivity (Wildman–Crippen MR) is 74.1 cm³/mol. The molecule has 0 amide bonds. The van der Waals surface area contributed by atoms with Gasteiger partial charge >= 0.3 is 10.2 Å². The molecule has 1 aliphatic rings. The molecule has 0 saturated carbocycles. The predicted octanol–water partition coefficient (Wildman–Crippen LogP) is 2.64. The number of benzene rings is 2. The number of hydrogen-bond donors (Lipinski definition) is 1. The summed E-state index contributed by atoms with van der Waals surface area (Å²) in [5, 5.41) is 0. The van der Waals surface area contributed by atoms with Gasteiger partial charge in [-0.3, -0.25) is 4.72 Å². The minimum atomic E-state index is -3.84. The molecule has 0 bridgehead atoms. The average molecular weight is 294 g/mol. The van der Waals surface area contributed by atoms with Crippen molar-refractivity contribution in [2.24, 2.45) is 0 Å². The first kappa shape index (κ1) is 12.7. The van der Waals surface area contributed by atoms with E-state index in [2.05, 4.69) is 4.72 Å². The van der Waals surface area contributed by atoms with E-state index in [0.717, 1.165) is 10.4 Å². The van der Waals surface area contributed by atoms with Crippen LogP contribution in [0.2, 0.25) is 0 Å². The molecule has 1 N–H and O–H groups in total. The lowest BCUT2D eigenvalue weighted by Gasteiger charge is -2.18. The van der Waals surface area contributed by atoms with Crippen LogP contribution < -0.4 is 13.8 Å². The molecule has 0 saturated heterocycles. The average Bonchev–Trinajstić information content (AvgIpc) is 2.69. The first-order valence-electron chi connectivity index (χ1n) is 5.78. The van der Waals surface area contributed by atoms with Crippen LogP contribution in [-0.4, -0.2) is 15.5 Å². The molecule has 20 heavy (non-hydrogen) atoms. The standard InChI is InChI=1S/C13H11FN2O3S/c1-19-9-6-7-12(10(14)8-9)16-13-5-3-2-4-11(13)15-20(16,17)18/h2-8,15H,1H3. The van der Waals surface area contributed by atoms with E-state index in [-0.39, 0.29) is 5.69 Å². The van der Waals surface area contributed by atoms with Crippen LogP contribution in [-0.2, 0) is 10.2 Å². The molecule has 7 heteroatoms. The minimum Gasteiger partial charge on any atom is -0.497 e. The second-order valence-electron chi connectivity index (χ2n) is 4.21. The molecule has 1 heterocycles. The molecule has 0 unspecified atom stereocenters. The number of hydrogen-bond acceptors (Lipinski definition) is 3. The fraction of sp³-hybridized carbons (Fsp3) is 0.0769. The van der Waals surface area contributed by atoms with Crippen molar-refractivity contribution in [3.8, 4) is 5.75 Å². The van der Waals surface area contributed by atoms with E-state index in [0.29, 0.717) is 17.1 Å². The third-order valence-corrected chi connectivity index (χ3v) is 4.33. The lowest BCUT2D eigenvalue weighted by atomic mass is 10.2. The SMILES string of the molecule is COc1ccc(N2c3ccccc3NS2(=O)=O)c(F)c1. The summed E-state index contributed by atoms with van der Waals surface area (Å²) in [4.78, 5) is 0. The van der Waals surface area contributed by atoms with Crippen LogP contribution in [0, 0.1) is 5.82 Å². The molecule has 2 aromatic carbocycles. The molecule has 5 nitrogen and oxygen atoms in total. The number of nitrogens with zero attached hydrogens (tertiary/aromatic N) is 1. The Morgan fingerprint density at radius 1 is 1.15 bits per heavy atom. The molecule has 0 fully saturated rings. The van der Waals surface area contributed by atoms with Crippen molar-refractivity contribution in [3.05, 3.63) is 48.3 Å². The number of anilines is 3. The summed E-state index contributed by atoms with van der Waals surface area (Å²) in [5.74, 6) is -0.351. The van der Waals surface area contributed by atoms with Crippen molar-refractivity contribution in [3.63, 3.8) is 0 Å². The Labute approximate surface area is 115 Å². The maximum atomic E-state index is 14.1. The van der Waals surface area contributed by atoms with Gasteiger partial charge < -0.3 is 4.74 Å². The van der Waals surface area contributed by atoms with Crippen molar-refractivity contribution in [2.75, 3.05) is 16.1 Å².